The van der Waals surface area contributed by atoms with Crippen LogP contribution in [0.2, 0.25) is 0 Å². The number of allylic oxidation sites excluding steroid dienone is 3. The third kappa shape index (κ3) is 3.07. The van der Waals surface area contributed by atoms with Gasteiger partial charge in [-0.2, -0.15) is 0 Å². The van der Waals surface area contributed by atoms with Gasteiger partial charge in [0.25, 0.3) is 0 Å². The Hall–Kier alpha value is -1.34. The van der Waals surface area contributed by atoms with Crippen molar-refractivity contribution in [1.29, 1.82) is 0 Å². The van der Waals surface area contributed by atoms with Gasteiger partial charge in [-0.05, 0) is 36.1 Å². The van der Waals surface area contributed by atoms with E-state index < -0.39 is 0 Å². The predicted octanol–water partition coefficient (Wildman–Crippen LogP) is 3.51. The van der Waals surface area contributed by atoms with Crippen LogP contribution < -0.4 is 5.73 Å². The minimum Gasteiger partial charge on any atom is -0.326 e. The zero-order valence-corrected chi connectivity index (χ0v) is 9.59. The zero-order valence-electron chi connectivity index (χ0n) is 9.59. The Balaban J connectivity index is 3.11. The molecule has 15 heavy (non-hydrogen) atoms. The number of hydrogen-bond donors (Lipinski definition) is 1. The van der Waals surface area contributed by atoms with Crippen molar-refractivity contribution < 1.29 is 0 Å². The Morgan fingerprint density at radius 3 is 2.73 bits per heavy atom. The Kier molecular flexibility index (Phi) is 4.32. The summed E-state index contributed by atoms with van der Waals surface area (Å²) in [5.41, 5.74) is 10.3. The first-order chi connectivity index (χ1) is 7.19. The van der Waals surface area contributed by atoms with Crippen molar-refractivity contribution in [2.24, 2.45) is 5.73 Å². The van der Waals surface area contributed by atoms with Crippen molar-refractivity contribution in [3.8, 4) is 0 Å². The molecule has 0 bridgehead atoms. The van der Waals surface area contributed by atoms with E-state index in [2.05, 4.69) is 31.7 Å². The molecular formula is C14H19N. The molecule has 0 spiro atoms. The molecule has 1 nitrogen and oxygen atoms in total. The first-order valence-corrected chi connectivity index (χ1v) is 5.34. The van der Waals surface area contributed by atoms with E-state index in [1.165, 1.54) is 11.1 Å². The van der Waals surface area contributed by atoms with Crippen LogP contribution in [0.1, 0.15) is 31.4 Å². The molecule has 0 aliphatic rings. The minimum atomic E-state index is 0.587. The van der Waals surface area contributed by atoms with E-state index in [-0.39, 0.29) is 0 Å². The molecule has 0 heterocycles. The molecule has 1 heteroatoms. The average Bonchev–Trinajstić information content (AvgIpc) is 2.25. The molecule has 0 radical (unpaired) electrons. The van der Waals surface area contributed by atoms with Crippen molar-refractivity contribution in [1.82, 2.24) is 0 Å². The molecule has 0 fully saturated rings. The monoisotopic (exact) mass is 201 g/mol. The summed E-state index contributed by atoms with van der Waals surface area (Å²) in [7, 11) is 0. The maximum absolute atomic E-state index is 5.63. The molecule has 0 aromatic heterocycles. The highest BCUT2D eigenvalue weighted by Gasteiger charge is 2.02. The molecule has 0 amide bonds. The number of nitrogens with two attached hydrogens (primary N) is 1. The minimum absolute atomic E-state index is 0.587. The fourth-order valence-electron chi connectivity index (χ4n) is 1.61. The van der Waals surface area contributed by atoms with Crippen LogP contribution in [0.15, 0.2) is 42.5 Å². The van der Waals surface area contributed by atoms with Crippen LogP contribution in [0, 0.1) is 0 Å². The fourth-order valence-corrected chi connectivity index (χ4v) is 1.61. The maximum Gasteiger partial charge on any atom is 0.0178 e. The lowest BCUT2D eigenvalue weighted by Crippen LogP contribution is -1.97. The van der Waals surface area contributed by atoms with Gasteiger partial charge >= 0.3 is 0 Å². The summed E-state index contributed by atoms with van der Waals surface area (Å²) in [5.74, 6) is 0. The van der Waals surface area contributed by atoms with Crippen LogP contribution in [0.3, 0.4) is 0 Å². The van der Waals surface area contributed by atoms with Gasteiger partial charge in [-0.1, -0.05) is 43.4 Å². The second-order valence-corrected chi connectivity index (χ2v) is 3.71. The van der Waals surface area contributed by atoms with Crippen LogP contribution in [-0.2, 0) is 6.54 Å². The highest BCUT2D eigenvalue weighted by molar-refractivity contribution is 5.77. The molecule has 1 aromatic rings. The van der Waals surface area contributed by atoms with Crippen LogP contribution in [0.4, 0.5) is 0 Å². The number of hydrogen-bond acceptors (Lipinski definition) is 1. The highest BCUT2D eigenvalue weighted by Crippen LogP contribution is 2.22. The zero-order chi connectivity index (χ0) is 11.3. The second-order valence-electron chi connectivity index (χ2n) is 3.71. The van der Waals surface area contributed by atoms with Crippen LogP contribution in [-0.4, -0.2) is 0 Å². The normalized spacial score (nSPS) is 11.5. The lowest BCUT2D eigenvalue weighted by atomic mass is 9.97. The van der Waals surface area contributed by atoms with Gasteiger partial charge in [-0.15, -0.1) is 0 Å². The van der Waals surface area contributed by atoms with E-state index in [0.717, 1.165) is 17.6 Å². The quantitative estimate of drug-likeness (QED) is 0.741. The highest BCUT2D eigenvalue weighted by atomic mass is 14.5. The first kappa shape index (κ1) is 11.7. The van der Waals surface area contributed by atoms with Crippen LogP contribution >= 0.6 is 0 Å². The molecule has 0 aliphatic heterocycles. The molecule has 80 valence electrons. The van der Waals surface area contributed by atoms with Crippen LogP contribution in [0.25, 0.3) is 5.57 Å². The smallest absolute Gasteiger partial charge is 0.0178 e. The summed E-state index contributed by atoms with van der Waals surface area (Å²) in [5, 5.41) is 0. The van der Waals surface area contributed by atoms with Gasteiger partial charge < -0.3 is 5.73 Å². The van der Waals surface area contributed by atoms with Gasteiger partial charge in [-0.3, -0.25) is 0 Å². The Bertz CT molecular complexity index is 375. The summed E-state index contributed by atoms with van der Waals surface area (Å²) in [4.78, 5) is 0. The Labute approximate surface area is 92.3 Å². The van der Waals surface area contributed by atoms with E-state index in [1.54, 1.807) is 0 Å². The molecule has 0 aliphatic carbocycles. The van der Waals surface area contributed by atoms with Crippen molar-refractivity contribution in [3.63, 3.8) is 0 Å². The second kappa shape index (κ2) is 5.52. The van der Waals surface area contributed by atoms with E-state index >= 15 is 0 Å². The van der Waals surface area contributed by atoms with Crippen molar-refractivity contribution in [2.45, 2.75) is 26.8 Å². The topological polar surface area (TPSA) is 26.0 Å². The summed E-state index contributed by atoms with van der Waals surface area (Å²) >= 11 is 0. The maximum atomic E-state index is 5.63. The largest absolute Gasteiger partial charge is 0.326 e. The Morgan fingerprint density at radius 2 is 2.20 bits per heavy atom. The molecule has 1 aromatic carbocycles. The van der Waals surface area contributed by atoms with Gasteiger partial charge in [0.15, 0.2) is 0 Å². The summed E-state index contributed by atoms with van der Waals surface area (Å²) < 4.78 is 0. The van der Waals surface area contributed by atoms with E-state index in [9.17, 15) is 0 Å². The van der Waals surface area contributed by atoms with E-state index in [0.29, 0.717) is 6.54 Å². The van der Waals surface area contributed by atoms with E-state index in [1.807, 2.05) is 19.1 Å². The summed E-state index contributed by atoms with van der Waals surface area (Å²) in [6.45, 7) is 8.77. The number of rotatable bonds is 4. The van der Waals surface area contributed by atoms with Crippen molar-refractivity contribution in [3.05, 3.63) is 53.6 Å². The summed E-state index contributed by atoms with van der Waals surface area (Å²) in [6, 6.07) is 8.33. The number of benzene rings is 1. The summed E-state index contributed by atoms with van der Waals surface area (Å²) in [6.07, 6.45) is 3.23. The lowest BCUT2D eigenvalue weighted by molar-refractivity contribution is 1.07. The van der Waals surface area contributed by atoms with Crippen LogP contribution in [0.5, 0.6) is 0 Å². The van der Waals surface area contributed by atoms with Gasteiger partial charge in [-0.25, -0.2) is 0 Å². The van der Waals surface area contributed by atoms with E-state index in [4.69, 9.17) is 5.73 Å². The van der Waals surface area contributed by atoms with Crippen molar-refractivity contribution in [2.75, 3.05) is 0 Å². The SMILES string of the molecule is C=C(C)/C(=C\CC)c1cccc(CN)c1. The molecule has 2 N–H and O–H groups in total. The van der Waals surface area contributed by atoms with Gasteiger partial charge in [0.1, 0.15) is 0 Å². The lowest BCUT2D eigenvalue weighted by Gasteiger charge is -2.08. The average molecular weight is 201 g/mol. The third-order valence-corrected chi connectivity index (χ3v) is 2.34. The molecule has 1 rings (SSSR count). The molecule has 0 atom stereocenters. The predicted molar refractivity (Wildman–Crippen MR) is 67.4 cm³/mol. The van der Waals surface area contributed by atoms with Gasteiger partial charge in [0.05, 0.1) is 0 Å². The standard InChI is InChI=1S/C14H19N/c1-4-6-14(11(2)3)13-8-5-7-12(9-13)10-15/h5-9H,2,4,10,15H2,1,3H3/b14-6+. The molecular weight excluding hydrogens is 182 g/mol. The molecule has 0 saturated carbocycles. The first-order valence-electron chi connectivity index (χ1n) is 5.34. The van der Waals surface area contributed by atoms with Gasteiger partial charge in [0.2, 0.25) is 0 Å². The molecule has 0 unspecified atom stereocenters. The Morgan fingerprint density at radius 1 is 1.47 bits per heavy atom. The molecule has 0 saturated heterocycles. The van der Waals surface area contributed by atoms with Gasteiger partial charge in [0, 0.05) is 6.54 Å². The third-order valence-electron chi connectivity index (χ3n) is 2.34. The van der Waals surface area contributed by atoms with Crippen molar-refractivity contribution >= 4 is 5.57 Å². The fraction of sp³-hybridized carbons (Fsp3) is 0.286.